The summed E-state index contributed by atoms with van der Waals surface area (Å²) in [4.78, 5) is 18.1. The fraction of sp³-hybridized carbons (Fsp3) is 0.400. The number of aromatic nitrogens is 4. The molecule has 2 aromatic carbocycles. The molecule has 2 aromatic heterocycles. The number of carboxylic acid groups (broad SMARTS) is 1. The summed E-state index contributed by atoms with van der Waals surface area (Å²) in [6.45, 7) is 10.0. The molecule has 0 unspecified atom stereocenters. The zero-order chi connectivity index (χ0) is 26.6. The van der Waals surface area contributed by atoms with E-state index in [1.807, 2.05) is 28.9 Å². The fourth-order valence-electron chi connectivity index (χ4n) is 5.50. The van der Waals surface area contributed by atoms with Gasteiger partial charge in [0.15, 0.2) is 5.69 Å². The third-order valence-corrected chi connectivity index (χ3v) is 7.60. The molecule has 0 aliphatic carbocycles. The van der Waals surface area contributed by atoms with Crippen LogP contribution >= 0.6 is 0 Å². The van der Waals surface area contributed by atoms with Gasteiger partial charge in [0.05, 0.1) is 5.69 Å². The molecular formula is C30H35N5O3. The largest absolute Gasteiger partial charge is 0.481 e. The van der Waals surface area contributed by atoms with Crippen LogP contribution in [0.15, 0.2) is 53.1 Å². The summed E-state index contributed by atoms with van der Waals surface area (Å²) in [5, 5.41) is 18.0. The maximum Gasteiger partial charge on any atom is 0.303 e. The van der Waals surface area contributed by atoms with Gasteiger partial charge in [0.1, 0.15) is 0 Å². The van der Waals surface area contributed by atoms with Crippen molar-refractivity contribution in [1.29, 1.82) is 0 Å². The number of piperidine rings is 1. The highest BCUT2D eigenvalue weighted by atomic mass is 16.5. The second kappa shape index (κ2) is 11.3. The van der Waals surface area contributed by atoms with E-state index < -0.39 is 5.97 Å². The first kappa shape index (κ1) is 25.9. The Morgan fingerprint density at radius 2 is 1.76 bits per heavy atom. The zero-order valence-electron chi connectivity index (χ0n) is 22.4. The first-order valence-corrected chi connectivity index (χ1v) is 13.4. The monoisotopic (exact) mass is 513 g/mol. The Hall–Kier alpha value is -3.78. The van der Waals surface area contributed by atoms with Gasteiger partial charge >= 0.3 is 5.97 Å². The van der Waals surface area contributed by atoms with Crippen molar-refractivity contribution >= 4 is 5.97 Å². The molecule has 0 amide bonds. The molecule has 1 aliphatic heterocycles. The first-order chi connectivity index (χ1) is 18.4. The molecule has 8 nitrogen and oxygen atoms in total. The average molecular weight is 514 g/mol. The van der Waals surface area contributed by atoms with Crippen LogP contribution in [-0.2, 0) is 17.8 Å². The molecular weight excluding hydrogens is 478 g/mol. The van der Waals surface area contributed by atoms with Crippen LogP contribution in [0.3, 0.4) is 0 Å². The van der Waals surface area contributed by atoms with Gasteiger partial charge in [0.25, 0.3) is 5.89 Å². The van der Waals surface area contributed by atoms with Crippen molar-refractivity contribution in [2.45, 2.75) is 53.0 Å². The molecule has 1 aliphatic rings. The topological polar surface area (TPSA) is 97.3 Å². The summed E-state index contributed by atoms with van der Waals surface area (Å²) in [7, 11) is 0. The van der Waals surface area contributed by atoms with E-state index in [9.17, 15) is 4.79 Å². The van der Waals surface area contributed by atoms with E-state index in [0.717, 1.165) is 62.3 Å². The predicted octanol–water partition coefficient (Wildman–Crippen LogP) is 5.63. The Balaban J connectivity index is 1.28. The molecule has 38 heavy (non-hydrogen) atoms. The highest BCUT2D eigenvalue weighted by molar-refractivity contribution is 5.67. The van der Waals surface area contributed by atoms with E-state index in [-0.39, 0.29) is 0 Å². The fourth-order valence-corrected chi connectivity index (χ4v) is 5.50. The number of carbonyl (C=O) groups is 1. The highest BCUT2D eigenvalue weighted by Crippen LogP contribution is 2.29. The van der Waals surface area contributed by atoms with E-state index in [1.165, 1.54) is 16.7 Å². The quantitative estimate of drug-likeness (QED) is 0.310. The summed E-state index contributed by atoms with van der Waals surface area (Å²) in [5.74, 6) is 0.601. The number of aliphatic carboxylic acids is 1. The minimum absolute atomic E-state index is 0.292. The van der Waals surface area contributed by atoms with E-state index in [1.54, 1.807) is 0 Å². The van der Waals surface area contributed by atoms with Crippen LogP contribution < -0.4 is 0 Å². The molecule has 1 N–H and O–H groups in total. The Labute approximate surface area is 223 Å². The van der Waals surface area contributed by atoms with Crippen molar-refractivity contribution in [3.8, 4) is 34.2 Å². The molecule has 198 valence electrons. The van der Waals surface area contributed by atoms with Crippen molar-refractivity contribution in [3.63, 3.8) is 0 Å². The number of hydrogen-bond donors (Lipinski definition) is 1. The van der Waals surface area contributed by atoms with Gasteiger partial charge in [0.2, 0.25) is 5.82 Å². The number of likely N-dealkylation sites (tertiary alicyclic amines) is 1. The van der Waals surface area contributed by atoms with Crippen LogP contribution in [0.5, 0.6) is 0 Å². The highest BCUT2D eigenvalue weighted by Gasteiger charge is 2.22. The third kappa shape index (κ3) is 5.70. The molecule has 8 heteroatoms. The van der Waals surface area contributed by atoms with E-state index >= 15 is 0 Å². The number of aryl methyl sites for hydroxylation is 3. The summed E-state index contributed by atoms with van der Waals surface area (Å²) in [6, 6.07) is 16.5. The number of carboxylic acids is 1. The van der Waals surface area contributed by atoms with Crippen molar-refractivity contribution in [2.24, 2.45) is 5.92 Å². The zero-order valence-corrected chi connectivity index (χ0v) is 22.4. The lowest BCUT2D eigenvalue weighted by molar-refractivity contribution is -0.138. The first-order valence-electron chi connectivity index (χ1n) is 13.4. The maximum atomic E-state index is 11.0. The van der Waals surface area contributed by atoms with Gasteiger partial charge in [-0.15, -0.1) is 0 Å². The van der Waals surface area contributed by atoms with Crippen molar-refractivity contribution in [2.75, 3.05) is 19.6 Å². The van der Waals surface area contributed by atoms with Gasteiger partial charge in [-0.3, -0.25) is 9.48 Å². The van der Waals surface area contributed by atoms with Crippen LogP contribution in [0.1, 0.15) is 42.9 Å². The minimum atomic E-state index is -0.684. The van der Waals surface area contributed by atoms with E-state index in [2.05, 4.69) is 60.1 Å². The summed E-state index contributed by atoms with van der Waals surface area (Å²) >= 11 is 0. The lowest BCUT2D eigenvalue weighted by Crippen LogP contribution is -2.35. The van der Waals surface area contributed by atoms with Crippen LogP contribution in [0.4, 0.5) is 0 Å². The standard InChI is InChI=1S/C30H35N5O3/c1-4-35-27(23-8-6-5-7-9-23)19-26(32-35)30-31-29(33-38-30)24-16-20(2)25(21(3)17-24)12-15-34-13-10-22(11-14-34)18-28(36)37/h5-9,16-17,19,22H,4,10-15,18H2,1-3H3,(H,36,37). The van der Waals surface area contributed by atoms with Gasteiger partial charge < -0.3 is 14.5 Å². The van der Waals surface area contributed by atoms with Crippen LogP contribution in [0.2, 0.25) is 0 Å². The molecule has 0 saturated carbocycles. The molecule has 1 fully saturated rings. The van der Waals surface area contributed by atoms with E-state index in [0.29, 0.717) is 29.7 Å². The minimum Gasteiger partial charge on any atom is -0.481 e. The lowest BCUT2D eigenvalue weighted by atomic mass is 9.92. The van der Waals surface area contributed by atoms with Crippen molar-refractivity contribution in [3.05, 3.63) is 65.2 Å². The van der Waals surface area contributed by atoms with Crippen LogP contribution in [0, 0.1) is 19.8 Å². The van der Waals surface area contributed by atoms with Gasteiger partial charge in [-0.05, 0) is 99.5 Å². The maximum absolute atomic E-state index is 11.0. The molecule has 0 spiro atoms. The van der Waals surface area contributed by atoms with Gasteiger partial charge in [-0.25, -0.2) is 0 Å². The Morgan fingerprint density at radius 1 is 1.05 bits per heavy atom. The molecule has 5 rings (SSSR count). The van der Waals surface area contributed by atoms with E-state index in [4.69, 9.17) is 14.7 Å². The molecule has 3 heterocycles. The second-order valence-corrected chi connectivity index (χ2v) is 10.2. The summed E-state index contributed by atoms with van der Waals surface area (Å²) in [6.07, 6.45) is 3.19. The smallest absolute Gasteiger partial charge is 0.303 e. The predicted molar refractivity (Wildman–Crippen MR) is 147 cm³/mol. The normalized spacial score (nSPS) is 14.7. The lowest BCUT2D eigenvalue weighted by Gasteiger charge is -2.31. The molecule has 0 radical (unpaired) electrons. The van der Waals surface area contributed by atoms with Crippen molar-refractivity contribution in [1.82, 2.24) is 24.8 Å². The van der Waals surface area contributed by atoms with Crippen LogP contribution in [0.25, 0.3) is 34.2 Å². The average Bonchev–Trinajstić information content (AvgIpc) is 3.57. The van der Waals surface area contributed by atoms with Gasteiger partial charge in [-0.2, -0.15) is 10.1 Å². The molecule has 1 saturated heterocycles. The summed E-state index contributed by atoms with van der Waals surface area (Å²) < 4.78 is 7.59. The Bertz CT molecular complexity index is 1380. The number of hydrogen-bond acceptors (Lipinski definition) is 6. The Kier molecular flexibility index (Phi) is 7.69. The Morgan fingerprint density at radius 3 is 2.42 bits per heavy atom. The molecule has 0 bridgehead atoms. The number of benzene rings is 2. The van der Waals surface area contributed by atoms with Crippen molar-refractivity contribution < 1.29 is 14.4 Å². The number of rotatable bonds is 9. The third-order valence-electron chi connectivity index (χ3n) is 7.60. The SMILES string of the molecule is CCn1nc(-c2nc(-c3cc(C)c(CCN4CCC(CC(=O)O)CC4)c(C)c3)no2)cc1-c1ccccc1. The summed E-state index contributed by atoms with van der Waals surface area (Å²) in [5.41, 5.74) is 7.50. The van der Waals surface area contributed by atoms with Crippen LogP contribution in [-0.4, -0.2) is 55.5 Å². The second-order valence-electron chi connectivity index (χ2n) is 10.2. The number of nitrogens with zero attached hydrogens (tertiary/aromatic N) is 5. The molecule has 0 atom stereocenters. The van der Waals surface area contributed by atoms with Gasteiger partial charge in [0, 0.05) is 25.1 Å². The van der Waals surface area contributed by atoms with Gasteiger partial charge in [-0.1, -0.05) is 35.5 Å². The molecule has 4 aromatic rings.